The van der Waals surface area contributed by atoms with Gasteiger partial charge >= 0.3 is 6.09 Å². The van der Waals surface area contributed by atoms with E-state index in [-0.39, 0.29) is 24.8 Å². The zero-order valence-corrected chi connectivity index (χ0v) is 14.8. The lowest BCUT2D eigenvalue weighted by atomic mass is 10.0. The van der Waals surface area contributed by atoms with Crippen LogP contribution in [0.3, 0.4) is 0 Å². The van der Waals surface area contributed by atoms with Gasteiger partial charge in [-0.25, -0.2) is 9.78 Å². The highest BCUT2D eigenvalue weighted by Crippen LogP contribution is 2.25. The number of carbonyl (C=O) groups excluding carboxylic acids is 2. The van der Waals surface area contributed by atoms with Crippen molar-refractivity contribution in [3.63, 3.8) is 0 Å². The summed E-state index contributed by atoms with van der Waals surface area (Å²) in [5.41, 5.74) is 5.64. The lowest BCUT2D eigenvalue weighted by Gasteiger charge is -2.42. The summed E-state index contributed by atoms with van der Waals surface area (Å²) >= 11 is 0. The number of hydrogen-bond acceptors (Lipinski definition) is 6. The number of carbonyl (C=O) groups is 2. The predicted molar refractivity (Wildman–Crippen MR) is 95.9 cm³/mol. The number of hydrogen-bond donors (Lipinski definition) is 2. The number of nitrogens with two attached hydrogens (primary N) is 1. The van der Waals surface area contributed by atoms with Gasteiger partial charge in [0.05, 0.1) is 11.6 Å². The van der Waals surface area contributed by atoms with Gasteiger partial charge in [-0.1, -0.05) is 0 Å². The summed E-state index contributed by atoms with van der Waals surface area (Å²) in [4.78, 5) is 31.8. The number of primary amides is 1. The molecule has 3 N–H and O–H groups in total. The third-order valence-corrected chi connectivity index (χ3v) is 5.07. The van der Waals surface area contributed by atoms with Crippen LogP contribution in [0.4, 0.5) is 10.6 Å². The van der Waals surface area contributed by atoms with Gasteiger partial charge in [-0.3, -0.25) is 4.79 Å². The Morgan fingerprint density at radius 1 is 1.35 bits per heavy atom. The highest BCUT2D eigenvalue weighted by molar-refractivity contribution is 5.92. The molecule has 8 nitrogen and oxygen atoms in total. The molecule has 0 radical (unpaired) electrons. The molecule has 3 rings (SSSR count). The van der Waals surface area contributed by atoms with Gasteiger partial charge in [-0.2, -0.15) is 0 Å². The first-order valence-electron chi connectivity index (χ1n) is 9.17. The minimum Gasteiger partial charge on any atom is -0.446 e. The van der Waals surface area contributed by atoms with E-state index in [4.69, 9.17) is 15.6 Å². The van der Waals surface area contributed by atoms with Gasteiger partial charge < -0.3 is 25.4 Å². The van der Waals surface area contributed by atoms with Gasteiger partial charge in [0.2, 0.25) is 5.91 Å². The molecule has 1 aromatic rings. The Bertz CT molecular complexity index is 637. The fraction of sp³-hybridized carbons (Fsp3) is 0.611. The molecule has 0 spiro atoms. The molecule has 3 heterocycles. The molecule has 0 aliphatic carbocycles. The first kappa shape index (κ1) is 18.4. The Kier molecular flexibility index (Phi) is 5.92. The van der Waals surface area contributed by atoms with Crippen LogP contribution in [0.1, 0.15) is 42.5 Å². The molecule has 2 fully saturated rings. The number of amides is 2. The van der Waals surface area contributed by atoms with Crippen LogP contribution in [0.2, 0.25) is 0 Å². The van der Waals surface area contributed by atoms with Crippen LogP contribution in [0.15, 0.2) is 18.3 Å². The smallest absolute Gasteiger partial charge is 0.410 e. The Morgan fingerprint density at radius 2 is 2.19 bits per heavy atom. The summed E-state index contributed by atoms with van der Waals surface area (Å²) in [5, 5.41) is 8.92. The lowest BCUT2D eigenvalue weighted by molar-refractivity contribution is 0.00385. The third kappa shape index (κ3) is 4.24. The minimum absolute atomic E-state index is 0.0893. The summed E-state index contributed by atoms with van der Waals surface area (Å²) in [6.07, 6.45) is 5.20. The van der Waals surface area contributed by atoms with E-state index in [1.807, 2.05) is 4.90 Å². The Balaban J connectivity index is 1.60. The second kappa shape index (κ2) is 8.35. The number of ether oxygens (including phenoxy) is 1. The van der Waals surface area contributed by atoms with Crippen LogP contribution in [0, 0.1) is 0 Å². The van der Waals surface area contributed by atoms with Crippen molar-refractivity contribution in [3.05, 3.63) is 23.9 Å². The highest BCUT2D eigenvalue weighted by Gasteiger charge is 2.34. The maximum Gasteiger partial charge on any atom is 0.410 e. The van der Waals surface area contributed by atoms with Crippen LogP contribution in [0.25, 0.3) is 0 Å². The van der Waals surface area contributed by atoms with E-state index >= 15 is 0 Å². The number of pyridine rings is 1. The number of aromatic nitrogens is 1. The number of aliphatic hydroxyl groups is 1. The number of piperidine rings is 1. The van der Waals surface area contributed by atoms with Gasteiger partial charge in [0.25, 0.3) is 0 Å². The number of cyclic esters (lactones) is 1. The molecule has 0 saturated carbocycles. The molecule has 0 aromatic carbocycles. The van der Waals surface area contributed by atoms with Crippen LogP contribution >= 0.6 is 0 Å². The van der Waals surface area contributed by atoms with Crippen LogP contribution in [-0.4, -0.2) is 65.4 Å². The topological polar surface area (TPSA) is 109 Å². The van der Waals surface area contributed by atoms with Crippen molar-refractivity contribution in [1.82, 2.24) is 9.88 Å². The zero-order valence-electron chi connectivity index (χ0n) is 14.8. The Labute approximate surface area is 152 Å². The zero-order chi connectivity index (χ0) is 18.5. The van der Waals surface area contributed by atoms with Crippen LogP contribution < -0.4 is 10.6 Å². The third-order valence-electron chi connectivity index (χ3n) is 5.07. The Hall–Kier alpha value is -2.35. The molecule has 8 heteroatoms. The van der Waals surface area contributed by atoms with Crippen molar-refractivity contribution in [2.75, 3.05) is 31.1 Å². The molecule has 2 atom stereocenters. The molecular weight excluding hydrogens is 336 g/mol. The van der Waals surface area contributed by atoms with E-state index in [0.29, 0.717) is 31.5 Å². The molecule has 2 aliphatic rings. The molecule has 26 heavy (non-hydrogen) atoms. The molecule has 142 valence electrons. The van der Waals surface area contributed by atoms with Crippen molar-refractivity contribution < 1.29 is 19.4 Å². The molecule has 2 unspecified atom stereocenters. The van der Waals surface area contributed by atoms with Crippen LogP contribution in [0.5, 0.6) is 0 Å². The molecule has 2 aliphatic heterocycles. The van der Waals surface area contributed by atoms with Crippen molar-refractivity contribution in [2.24, 2.45) is 5.73 Å². The summed E-state index contributed by atoms with van der Waals surface area (Å²) in [7, 11) is 0. The summed E-state index contributed by atoms with van der Waals surface area (Å²) in [6.45, 7) is 2.36. The van der Waals surface area contributed by atoms with Gasteiger partial charge in [0.15, 0.2) is 0 Å². The SMILES string of the molecule is NC(=O)c1ccc(N2CCCC(N3CCC(CCCO)OC3=O)C2)nc1. The van der Waals surface area contributed by atoms with E-state index in [1.54, 1.807) is 12.1 Å². The van der Waals surface area contributed by atoms with E-state index in [2.05, 4.69) is 9.88 Å². The average molecular weight is 362 g/mol. The van der Waals surface area contributed by atoms with Crippen molar-refractivity contribution in [3.8, 4) is 0 Å². The van der Waals surface area contributed by atoms with Crippen LogP contribution in [-0.2, 0) is 4.74 Å². The standard InChI is InChI=1S/C18H26N4O4/c19-17(24)13-5-6-16(20-11-13)21-8-1-3-14(12-21)22-9-7-15(4-2-10-23)26-18(22)25/h5-6,11,14-15,23H,1-4,7-10,12H2,(H2,19,24). The van der Waals surface area contributed by atoms with Crippen molar-refractivity contribution in [1.29, 1.82) is 0 Å². The number of anilines is 1. The van der Waals surface area contributed by atoms with E-state index < -0.39 is 5.91 Å². The summed E-state index contributed by atoms with van der Waals surface area (Å²) < 4.78 is 5.53. The second-order valence-electron chi connectivity index (χ2n) is 6.87. The van der Waals surface area contributed by atoms with Gasteiger partial charge in [0.1, 0.15) is 11.9 Å². The van der Waals surface area contributed by atoms with E-state index in [0.717, 1.165) is 31.6 Å². The fourth-order valence-electron chi connectivity index (χ4n) is 3.63. The first-order valence-corrected chi connectivity index (χ1v) is 9.17. The number of aliphatic hydroxyl groups excluding tert-OH is 1. The van der Waals surface area contributed by atoms with E-state index in [9.17, 15) is 9.59 Å². The summed E-state index contributed by atoms with van der Waals surface area (Å²) in [5.74, 6) is 0.290. The quantitative estimate of drug-likeness (QED) is 0.785. The minimum atomic E-state index is -0.493. The number of nitrogens with zero attached hydrogens (tertiary/aromatic N) is 3. The molecular formula is C18H26N4O4. The van der Waals surface area contributed by atoms with Crippen molar-refractivity contribution in [2.45, 2.75) is 44.2 Å². The molecule has 2 amide bonds. The lowest BCUT2D eigenvalue weighted by Crippen LogP contribution is -2.54. The average Bonchev–Trinajstić information content (AvgIpc) is 2.66. The van der Waals surface area contributed by atoms with Gasteiger partial charge in [-0.05, 0) is 37.8 Å². The molecule has 1 aromatic heterocycles. The number of rotatable bonds is 6. The largest absolute Gasteiger partial charge is 0.446 e. The highest BCUT2D eigenvalue weighted by atomic mass is 16.6. The molecule has 0 bridgehead atoms. The van der Waals surface area contributed by atoms with E-state index in [1.165, 1.54) is 6.20 Å². The Morgan fingerprint density at radius 3 is 2.85 bits per heavy atom. The summed E-state index contributed by atoms with van der Waals surface area (Å²) in [6, 6.07) is 3.56. The molecule has 2 saturated heterocycles. The second-order valence-corrected chi connectivity index (χ2v) is 6.87. The monoisotopic (exact) mass is 362 g/mol. The predicted octanol–water partition coefficient (Wildman–Crippen LogP) is 1.13. The maximum atomic E-state index is 12.4. The maximum absolute atomic E-state index is 12.4. The van der Waals surface area contributed by atoms with Crippen molar-refractivity contribution >= 4 is 17.8 Å². The fourth-order valence-corrected chi connectivity index (χ4v) is 3.63. The first-order chi connectivity index (χ1) is 12.6. The van der Waals surface area contributed by atoms with Gasteiger partial charge in [0, 0.05) is 38.9 Å². The van der Waals surface area contributed by atoms with Gasteiger partial charge in [-0.15, -0.1) is 0 Å². The normalized spacial score (nSPS) is 23.7.